The number of nitrogens with zero attached hydrogens (tertiary/aromatic N) is 2. The molecular weight excluding hydrogens is 288 g/mol. The molecule has 0 bridgehead atoms. The van der Waals surface area contributed by atoms with Gasteiger partial charge < -0.3 is 5.11 Å². The fraction of sp³-hybridized carbons (Fsp3) is 0.417. The van der Waals surface area contributed by atoms with E-state index in [2.05, 4.69) is 0 Å². The van der Waals surface area contributed by atoms with Gasteiger partial charge in [0.2, 0.25) is 10.0 Å². The first-order valence-corrected chi connectivity index (χ1v) is 7.61. The largest absolute Gasteiger partial charge is 0.396 e. The van der Waals surface area contributed by atoms with Crippen molar-refractivity contribution in [2.45, 2.75) is 11.3 Å². The molecule has 1 aliphatic rings. The zero-order valence-electron chi connectivity index (χ0n) is 10.1. The summed E-state index contributed by atoms with van der Waals surface area (Å²) < 4.78 is 26.2. The molecule has 1 unspecified atom stereocenters. The molecule has 5 nitrogen and oxygen atoms in total. The third-order valence-corrected chi connectivity index (χ3v) is 5.53. The van der Waals surface area contributed by atoms with E-state index in [1.54, 1.807) is 0 Å². The van der Waals surface area contributed by atoms with Crippen molar-refractivity contribution in [2.75, 3.05) is 19.7 Å². The van der Waals surface area contributed by atoms with Crippen molar-refractivity contribution in [1.82, 2.24) is 4.31 Å². The van der Waals surface area contributed by atoms with Crippen LogP contribution in [0.25, 0.3) is 0 Å². The van der Waals surface area contributed by atoms with Crippen LogP contribution >= 0.6 is 11.6 Å². The summed E-state index contributed by atoms with van der Waals surface area (Å²) in [5, 5.41) is 18.0. The normalized spacial score (nSPS) is 20.4. The minimum atomic E-state index is -3.71. The Morgan fingerprint density at radius 2 is 2.26 bits per heavy atom. The average Bonchev–Trinajstić information content (AvgIpc) is 2.88. The molecule has 1 N–H and O–H groups in total. The lowest BCUT2D eigenvalue weighted by atomic mass is 10.1. The van der Waals surface area contributed by atoms with Gasteiger partial charge in [0.1, 0.15) is 4.90 Å². The molecular formula is C12H13ClN2O3S. The Labute approximate surface area is 117 Å². The quantitative estimate of drug-likeness (QED) is 0.910. The molecule has 19 heavy (non-hydrogen) atoms. The summed E-state index contributed by atoms with van der Waals surface area (Å²) in [7, 11) is -3.71. The van der Waals surface area contributed by atoms with E-state index in [4.69, 9.17) is 22.0 Å². The van der Waals surface area contributed by atoms with Gasteiger partial charge in [0.15, 0.2) is 0 Å². The Hall–Kier alpha value is -1.13. The molecule has 1 fully saturated rings. The van der Waals surface area contributed by atoms with Crippen LogP contribution in [0.1, 0.15) is 12.0 Å². The lowest BCUT2D eigenvalue weighted by molar-refractivity contribution is 0.233. The van der Waals surface area contributed by atoms with Crippen LogP contribution in [0.5, 0.6) is 0 Å². The Morgan fingerprint density at radius 1 is 1.53 bits per heavy atom. The second-order valence-corrected chi connectivity index (χ2v) is 6.77. The molecule has 0 aliphatic carbocycles. The van der Waals surface area contributed by atoms with Gasteiger partial charge in [-0.2, -0.15) is 9.57 Å². The number of aliphatic hydroxyl groups is 1. The molecule has 1 aromatic rings. The summed E-state index contributed by atoms with van der Waals surface area (Å²) in [6, 6.07) is 6.06. The van der Waals surface area contributed by atoms with Crippen molar-refractivity contribution in [2.24, 2.45) is 5.92 Å². The van der Waals surface area contributed by atoms with Crippen LogP contribution < -0.4 is 0 Å². The highest BCUT2D eigenvalue weighted by molar-refractivity contribution is 7.89. The number of halogens is 1. The molecule has 1 saturated heterocycles. The van der Waals surface area contributed by atoms with Crippen LogP contribution in [0.4, 0.5) is 0 Å². The summed E-state index contributed by atoms with van der Waals surface area (Å²) in [6.45, 7) is 0.616. The van der Waals surface area contributed by atoms with E-state index >= 15 is 0 Å². The van der Waals surface area contributed by atoms with E-state index < -0.39 is 10.0 Å². The zero-order chi connectivity index (χ0) is 14.0. The minimum Gasteiger partial charge on any atom is -0.396 e. The predicted molar refractivity (Wildman–Crippen MR) is 70.1 cm³/mol. The molecule has 102 valence electrons. The summed E-state index contributed by atoms with van der Waals surface area (Å²) in [4.78, 5) is -0.0493. The zero-order valence-corrected chi connectivity index (χ0v) is 11.7. The molecule has 0 aromatic heterocycles. The van der Waals surface area contributed by atoms with Gasteiger partial charge in [0.05, 0.1) is 16.7 Å². The summed E-state index contributed by atoms with van der Waals surface area (Å²) >= 11 is 5.92. The summed E-state index contributed by atoms with van der Waals surface area (Å²) in [6.07, 6.45) is 0.630. The molecule has 0 amide bonds. The molecule has 1 aliphatic heterocycles. The molecule has 1 heterocycles. The first-order valence-electron chi connectivity index (χ1n) is 5.79. The highest BCUT2D eigenvalue weighted by atomic mass is 35.5. The van der Waals surface area contributed by atoms with E-state index in [0.29, 0.717) is 13.0 Å². The third-order valence-electron chi connectivity index (χ3n) is 3.18. The topological polar surface area (TPSA) is 81.4 Å². The first-order chi connectivity index (χ1) is 8.98. The van der Waals surface area contributed by atoms with Crippen LogP contribution in [-0.4, -0.2) is 37.5 Å². The number of hydrogen-bond donors (Lipinski definition) is 1. The van der Waals surface area contributed by atoms with E-state index in [1.807, 2.05) is 6.07 Å². The standard InChI is InChI=1S/C12H13ClN2O3S/c13-11-2-1-9(6-14)5-12(11)19(17,18)15-4-3-10(7-15)8-16/h1-2,5,10,16H,3-4,7-8H2. The van der Waals surface area contributed by atoms with Gasteiger partial charge in [-0.15, -0.1) is 0 Å². The Bertz CT molecular complexity index is 624. The molecule has 0 radical (unpaired) electrons. The van der Waals surface area contributed by atoms with Crippen LogP contribution in [0.3, 0.4) is 0 Å². The van der Waals surface area contributed by atoms with Gasteiger partial charge >= 0.3 is 0 Å². The third kappa shape index (κ3) is 2.74. The lowest BCUT2D eigenvalue weighted by Crippen LogP contribution is -2.29. The van der Waals surface area contributed by atoms with Crippen LogP contribution in [0.2, 0.25) is 5.02 Å². The van der Waals surface area contributed by atoms with E-state index in [0.717, 1.165) is 0 Å². The van der Waals surface area contributed by atoms with Gasteiger partial charge in [-0.25, -0.2) is 8.42 Å². The SMILES string of the molecule is N#Cc1ccc(Cl)c(S(=O)(=O)N2CCC(CO)C2)c1. The van der Waals surface area contributed by atoms with E-state index in [9.17, 15) is 8.42 Å². The van der Waals surface area contributed by atoms with Crippen molar-refractivity contribution < 1.29 is 13.5 Å². The molecule has 7 heteroatoms. The maximum Gasteiger partial charge on any atom is 0.244 e. The maximum atomic E-state index is 12.4. The van der Waals surface area contributed by atoms with Crippen molar-refractivity contribution in [3.8, 4) is 6.07 Å². The number of rotatable bonds is 3. The highest BCUT2D eigenvalue weighted by Gasteiger charge is 2.33. The molecule has 1 aromatic carbocycles. The second-order valence-electron chi connectivity index (χ2n) is 4.46. The van der Waals surface area contributed by atoms with Gasteiger partial charge in [0.25, 0.3) is 0 Å². The summed E-state index contributed by atoms with van der Waals surface area (Å²) in [5.41, 5.74) is 0.251. The number of sulfonamides is 1. The first kappa shape index (κ1) is 14.3. The van der Waals surface area contributed by atoms with Crippen molar-refractivity contribution in [1.29, 1.82) is 5.26 Å². The summed E-state index contributed by atoms with van der Waals surface area (Å²) in [5.74, 6) is -0.0345. The maximum absolute atomic E-state index is 12.4. The van der Waals surface area contributed by atoms with Gasteiger partial charge in [-0.3, -0.25) is 0 Å². The van der Waals surface area contributed by atoms with Gasteiger partial charge in [-0.1, -0.05) is 11.6 Å². The number of hydrogen-bond acceptors (Lipinski definition) is 4. The van der Waals surface area contributed by atoms with E-state index in [-0.39, 0.29) is 34.6 Å². The smallest absolute Gasteiger partial charge is 0.244 e. The number of aliphatic hydroxyl groups excluding tert-OH is 1. The minimum absolute atomic E-state index is 0.0298. The molecule has 0 spiro atoms. The second kappa shape index (κ2) is 5.47. The molecule has 2 rings (SSSR count). The Balaban J connectivity index is 2.38. The Kier molecular flexibility index (Phi) is 4.11. The van der Waals surface area contributed by atoms with Crippen molar-refractivity contribution in [3.63, 3.8) is 0 Å². The predicted octanol–water partition coefficient (Wildman–Crippen LogP) is 1.21. The van der Waals surface area contributed by atoms with Crippen LogP contribution in [0, 0.1) is 17.2 Å². The Morgan fingerprint density at radius 3 is 2.84 bits per heavy atom. The van der Waals surface area contributed by atoms with Crippen molar-refractivity contribution in [3.05, 3.63) is 28.8 Å². The van der Waals surface area contributed by atoms with Crippen molar-refractivity contribution >= 4 is 21.6 Å². The van der Waals surface area contributed by atoms with Gasteiger partial charge in [-0.05, 0) is 30.5 Å². The molecule has 1 atom stereocenters. The lowest BCUT2D eigenvalue weighted by Gasteiger charge is -2.17. The van der Waals surface area contributed by atoms with Crippen LogP contribution in [-0.2, 0) is 10.0 Å². The van der Waals surface area contributed by atoms with E-state index in [1.165, 1.54) is 22.5 Å². The highest BCUT2D eigenvalue weighted by Crippen LogP contribution is 2.29. The number of nitriles is 1. The fourth-order valence-electron chi connectivity index (χ4n) is 2.07. The van der Waals surface area contributed by atoms with Crippen LogP contribution in [0.15, 0.2) is 23.1 Å². The van der Waals surface area contributed by atoms with Gasteiger partial charge in [0, 0.05) is 19.7 Å². The average molecular weight is 301 g/mol. The monoisotopic (exact) mass is 300 g/mol. The number of benzene rings is 1. The fourth-order valence-corrected chi connectivity index (χ4v) is 4.11. The molecule has 0 saturated carbocycles.